The van der Waals surface area contributed by atoms with Crippen LogP contribution in [0.3, 0.4) is 0 Å². The van der Waals surface area contributed by atoms with E-state index < -0.39 is 0 Å². The highest BCUT2D eigenvalue weighted by molar-refractivity contribution is 5.94. The molecule has 2 heterocycles. The number of carbonyl (C=O) groups is 2. The molecule has 130 valence electrons. The molecule has 0 spiro atoms. The number of hydrogen-bond donors (Lipinski definition) is 2. The van der Waals surface area contributed by atoms with Crippen LogP contribution in [0.4, 0.5) is 11.6 Å². The molecule has 0 fully saturated rings. The highest BCUT2D eigenvalue weighted by atomic mass is 16.1. The quantitative estimate of drug-likeness (QED) is 0.666. The van der Waals surface area contributed by atoms with Crippen molar-refractivity contribution in [2.45, 2.75) is 13.5 Å². The van der Waals surface area contributed by atoms with Crippen LogP contribution in [0, 0.1) is 0 Å². The van der Waals surface area contributed by atoms with Crippen molar-refractivity contribution in [2.75, 3.05) is 5.32 Å². The van der Waals surface area contributed by atoms with Crippen molar-refractivity contribution in [1.82, 2.24) is 20.3 Å². The Kier molecular flexibility index (Phi) is 5.28. The smallest absolute Gasteiger partial charge is 0.270 e. The lowest BCUT2D eigenvalue weighted by Gasteiger charge is -2.08. The molecule has 0 radical (unpaired) electrons. The van der Waals surface area contributed by atoms with E-state index in [-0.39, 0.29) is 17.4 Å². The number of Topliss-reactive ketones (excluding diaryl/α,β-unsaturated/α-hetero) is 1. The van der Waals surface area contributed by atoms with E-state index in [9.17, 15) is 9.59 Å². The van der Waals surface area contributed by atoms with Gasteiger partial charge in [0.25, 0.3) is 5.91 Å². The number of rotatable bonds is 6. The molecule has 0 aliphatic heterocycles. The molecule has 26 heavy (non-hydrogen) atoms. The van der Waals surface area contributed by atoms with Crippen LogP contribution in [0.15, 0.2) is 61.1 Å². The number of ketones is 1. The maximum absolute atomic E-state index is 12.3. The molecule has 0 unspecified atom stereocenters. The minimum Gasteiger partial charge on any atom is -0.347 e. The Morgan fingerprint density at radius 1 is 0.962 bits per heavy atom. The lowest BCUT2D eigenvalue weighted by molar-refractivity contribution is 0.0945. The lowest BCUT2D eigenvalue weighted by atomic mass is 10.1. The second kappa shape index (κ2) is 7.98. The molecule has 2 aromatic heterocycles. The maximum Gasteiger partial charge on any atom is 0.270 e. The van der Waals surface area contributed by atoms with E-state index in [0.29, 0.717) is 18.1 Å². The van der Waals surface area contributed by atoms with Crippen molar-refractivity contribution >= 4 is 23.3 Å². The van der Waals surface area contributed by atoms with E-state index in [2.05, 4.69) is 25.6 Å². The Hall–Kier alpha value is -3.61. The average Bonchev–Trinajstić information content (AvgIpc) is 2.67. The topological polar surface area (TPSA) is 96.9 Å². The normalized spacial score (nSPS) is 10.2. The fourth-order valence-electron chi connectivity index (χ4n) is 2.24. The van der Waals surface area contributed by atoms with Crippen molar-refractivity contribution < 1.29 is 9.59 Å². The summed E-state index contributed by atoms with van der Waals surface area (Å²) in [6.07, 6.45) is 4.86. The number of pyridine rings is 1. The van der Waals surface area contributed by atoms with E-state index in [1.165, 1.54) is 13.1 Å². The number of aromatic nitrogens is 3. The summed E-state index contributed by atoms with van der Waals surface area (Å²) < 4.78 is 0. The Morgan fingerprint density at radius 3 is 2.38 bits per heavy atom. The van der Waals surface area contributed by atoms with Gasteiger partial charge in [-0.1, -0.05) is 0 Å². The molecule has 3 aromatic rings. The number of nitrogens with zero attached hydrogens (tertiary/aromatic N) is 3. The van der Waals surface area contributed by atoms with Gasteiger partial charge < -0.3 is 10.6 Å². The summed E-state index contributed by atoms with van der Waals surface area (Å²) in [6, 6.07) is 12.2. The van der Waals surface area contributed by atoms with Gasteiger partial charge in [-0.2, -0.15) is 0 Å². The first kappa shape index (κ1) is 17.2. The van der Waals surface area contributed by atoms with Crippen molar-refractivity contribution in [1.29, 1.82) is 0 Å². The van der Waals surface area contributed by atoms with Crippen LogP contribution >= 0.6 is 0 Å². The van der Waals surface area contributed by atoms with Crippen LogP contribution in [-0.4, -0.2) is 26.6 Å². The summed E-state index contributed by atoms with van der Waals surface area (Å²) in [7, 11) is 0. The number of anilines is 2. The zero-order chi connectivity index (χ0) is 18.4. The van der Waals surface area contributed by atoms with Gasteiger partial charge in [-0.3, -0.25) is 14.6 Å². The molecular formula is C19H17N5O2. The molecule has 0 bridgehead atoms. The lowest BCUT2D eigenvalue weighted by Crippen LogP contribution is -2.24. The summed E-state index contributed by atoms with van der Waals surface area (Å²) >= 11 is 0. The van der Waals surface area contributed by atoms with Gasteiger partial charge >= 0.3 is 0 Å². The maximum atomic E-state index is 12.3. The van der Waals surface area contributed by atoms with E-state index in [1.807, 2.05) is 12.1 Å². The molecule has 7 nitrogen and oxygen atoms in total. The van der Waals surface area contributed by atoms with Crippen LogP contribution < -0.4 is 10.6 Å². The molecule has 1 aromatic carbocycles. The first-order valence-corrected chi connectivity index (χ1v) is 8.00. The average molecular weight is 347 g/mol. The minimum absolute atomic E-state index is 0.000616. The molecule has 0 aliphatic rings. The zero-order valence-corrected chi connectivity index (χ0v) is 14.1. The highest BCUT2D eigenvalue weighted by Crippen LogP contribution is 2.14. The molecule has 1 amide bonds. The van der Waals surface area contributed by atoms with Gasteiger partial charge in [-0.05, 0) is 55.0 Å². The SMILES string of the molecule is CC(=O)c1ccc(Nc2nccc(C(=O)NCc3ccncc3)n2)cc1. The molecule has 2 N–H and O–H groups in total. The van der Waals surface area contributed by atoms with Gasteiger partial charge in [0.2, 0.25) is 5.95 Å². The van der Waals surface area contributed by atoms with Crippen LogP contribution in [0.2, 0.25) is 0 Å². The number of carbonyl (C=O) groups excluding carboxylic acids is 2. The first-order chi connectivity index (χ1) is 12.6. The van der Waals surface area contributed by atoms with Crippen molar-refractivity contribution in [3.05, 3.63) is 77.9 Å². The second-order valence-electron chi connectivity index (χ2n) is 5.56. The summed E-state index contributed by atoms with van der Waals surface area (Å²) in [6.45, 7) is 1.90. The molecule has 7 heteroatoms. The van der Waals surface area contributed by atoms with Crippen molar-refractivity contribution in [3.8, 4) is 0 Å². The van der Waals surface area contributed by atoms with Crippen molar-refractivity contribution in [3.63, 3.8) is 0 Å². The molecule has 0 aliphatic carbocycles. The van der Waals surface area contributed by atoms with Gasteiger partial charge in [0.15, 0.2) is 5.78 Å². The third-order valence-electron chi connectivity index (χ3n) is 3.64. The fourth-order valence-corrected chi connectivity index (χ4v) is 2.24. The largest absolute Gasteiger partial charge is 0.347 e. The van der Waals surface area contributed by atoms with E-state index in [1.54, 1.807) is 42.7 Å². The van der Waals surface area contributed by atoms with Gasteiger partial charge in [0, 0.05) is 36.4 Å². The molecule has 0 saturated heterocycles. The summed E-state index contributed by atoms with van der Waals surface area (Å²) in [4.78, 5) is 35.8. The third-order valence-corrected chi connectivity index (χ3v) is 3.64. The van der Waals surface area contributed by atoms with Crippen LogP contribution in [0.1, 0.15) is 33.3 Å². The van der Waals surface area contributed by atoms with Gasteiger partial charge in [-0.25, -0.2) is 9.97 Å². The predicted octanol–water partition coefficient (Wildman–Crippen LogP) is 2.75. The molecular weight excluding hydrogens is 330 g/mol. The number of nitrogens with one attached hydrogen (secondary N) is 2. The number of benzene rings is 1. The fraction of sp³-hybridized carbons (Fsp3) is 0.105. The standard InChI is InChI=1S/C19H17N5O2/c1-13(25)15-2-4-16(5-3-15)23-19-21-11-8-17(24-19)18(26)22-12-14-6-9-20-10-7-14/h2-11H,12H2,1H3,(H,22,26)(H,21,23,24). The summed E-state index contributed by atoms with van der Waals surface area (Å²) in [5.41, 5.74) is 2.56. The first-order valence-electron chi connectivity index (χ1n) is 8.00. The van der Waals surface area contributed by atoms with Crippen LogP contribution in [0.25, 0.3) is 0 Å². The van der Waals surface area contributed by atoms with E-state index in [0.717, 1.165) is 11.3 Å². The Bertz CT molecular complexity index is 911. The van der Waals surface area contributed by atoms with Crippen LogP contribution in [-0.2, 0) is 6.54 Å². The number of hydrogen-bond acceptors (Lipinski definition) is 6. The van der Waals surface area contributed by atoms with E-state index >= 15 is 0 Å². The Labute approximate surface area is 150 Å². The predicted molar refractivity (Wildman–Crippen MR) is 97.2 cm³/mol. The third kappa shape index (κ3) is 4.47. The van der Waals surface area contributed by atoms with Gasteiger partial charge in [0.1, 0.15) is 5.69 Å². The summed E-state index contributed by atoms with van der Waals surface area (Å²) in [5.74, 6) is 0.0111. The Balaban J connectivity index is 1.65. The minimum atomic E-state index is -0.292. The molecule has 0 saturated carbocycles. The van der Waals surface area contributed by atoms with Crippen molar-refractivity contribution in [2.24, 2.45) is 0 Å². The summed E-state index contributed by atoms with van der Waals surface area (Å²) in [5, 5.41) is 5.82. The molecule has 0 atom stereocenters. The monoisotopic (exact) mass is 347 g/mol. The number of amides is 1. The second-order valence-corrected chi connectivity index (χ2v) is 5.56. The highest BCUT2D eigenvalue weighted by Gasteiger charge is 2.09. The zero-order valence-electron chi connectivity index (χ0n) is 14.1. The van der Waals surface area contributed by atoms with E-state index in [4.69, 9.17) is 0 Å². The van der Waals surface area contributed by atoms with Gasteiger partial charge in [0.05, 0.1) is 0 Å². The Morgan fingerprint density at radius 2 is 1.69 bits per heavy atom. The van der Waals surface area contributed by atoms with Gasteiger partial charge in [-0.15, -0.1) is 0 Å². The molecule has 3 rings (SSSR count). The van der Waals surface area contributed by atoms with Crippen LogP contribution in [0.5, 0.6) is 0 Å².